The number of hydrogen-bond donors (Lipinski definition) is 2. The summed E-state index contributed by atoms with van der Waals surface area (Å²) < 4.78 is 0. The van der Waals surface area contributed by atoms with E-state index in [4.69, 9.17) is 5.26 Å². The minimum absolute atomic E-state index is 0.287. The Bertz CT molecular complexity index is 872. The minimum atomic E-state index is -0.600. The molecule has 0 unspecified atom stereocenters. The number of carbonyl (C=O) groups is 2. The SMILES string of the molecule is N#Cc1nccnc1N1CCC(CNC(=O)C(=O)NCCc2ccccc2)CC1. The fraction of sp³-hybridized carbons (Fsp3) is 0.381. The number of amides is 2. The summed E-state index contributed by atoms with van der Waals surface area (Å²) in [6.07, 6.45) is 5.47. The second kappa shape index (κ2) is 10.2. The Hall–Kier alpha value is -3.47. The Morgan fingerprint density at radius 1 is 1.07 bits per heavy atom. The van der Waals surface area contributed by atoms with Crippen LogP contribution >= 0.6 is 0 Å². The largest absolute Gasteiger partial charge is 0.354 e. The highest BCUT2D eigenvalue weighted by molar-refractivity contribution is 6.35. The van der Waals surface area contributed by atoms with Crippen molar-refractivity contribution < 1.29 is 9.59 Å². The zero-order valence-electron chi connectivity index (χ0n) is 16.2. The molecule has 1 saturated heterocycles. The third kappa shape index (κ3) is 5.75. The lowest BCUT2D eigenvalue weighted by molar-refractivity contribution is -0.139. The van der Waals surface area contributed by atoms with E-state index >= 15 is 0 Å². The average molecular weight is 392 g/mol. The zero-order chi connectivity index (χ0) is 20.5. The van der Waals surface area contributed by atoms with Crippen LogP contribution in [0.1, 0.15) is 24.1 Å². The van der Waals surface area contributed by atoms with E-state index in [0.29, 0.717) is 31.0 Å². The number of nitrogens with one attached hydrogen (secondary N) is 2. The van der Waals surface area contributed by atoms with Crippen molar-refractivity contribution in [3.05, 3.63) is 54.0 Å². The Kier molecular flexibility index (Phi) is 7.11. The summed E-state index contributed by atoms with van der Waals surface area (Å²) in [5, 5.41) is 14.5. The third-order valence-electron chi connectivity index (χ3n) is 5.00. The molecule has 1 aromatic carbocycles. The number of hydrogen-bond acceptors (Lipinski definition) is 6. The van der Waals surface area contributed by atoms with Gasteiger partial charge in [-0.3, -0.25) is 9.59 Å². The highest BCUT2D eigenvalue weighted by Gasteiger charge is 2.23. The topological polar surface area (TPSA) is 111 Å². The number of benzene rings is 1. The summed E-state index contributed by atoms with van der Waals surface area (Å²) >= 11 is 0. The number of piperidine rings is 1. The average Bonchev–Trinajstić information content (AvgIpc) is 2.78. The zero-order valence-corrected chi connectivity index (χ0v) is 16.2. The van der Waals surface area contributed by atoms with Gasteiger partial charge in [0.2, 0.25) is 0 Å². The fourth-order valence-electron chi connectivity index (χ4n) is 3.35. The van der Waals surface area contributed by atoms with Crippen LogP contribution in [0.15, 0.2) is 42.7 Å². The van der Waals surface area contributed by atoms with Gasteiger partial charge in [0.05, 0.1) is 0 Å². The lowest BCUT2D eigenvalue weighted by Gasteiger charge is -2.32. The van der Waals surface area contributed by atoms with Gasteiger partial charge in [-0.1, -0.05) is 30.3 Å². The molecule has 0 spiro atoms. The van der Waals surface area contributed by atoms with Gasteiger partial charge >= 0.3 is 11.8 Å². The number of nitrogens with zero attached hydrogens (tertiary/aromatic N) is 4. The fourth-order valence-corrected chi connectivity index (χ4v) is 3.35. The van der Waals surface area contributed by atoms with E-state index in [1.165, 1.54) is 6.20 Å². The van der Waals surface area contributed by atoms with Crippen LogP contribution in [-0.2, 0) is 16.0 Å². The smallest absolute Gasteiger partial charge is 0.309 e. The van der Waals surface area contributed by atoms with Crippen LogP contribution in [0.4, 0.5) is 5.82 Å². The van der Waals surface area contributed by atoms with Crippen molar-refractivity contribution >= 4 is 17.6 Å². The quantitative estimate of drug-likeness (QED) is 0.711. The van der Waals surface area contributed by atoms with Crippen LogP contribution in [0.2, 0.25) is 0 Å². The van der Waals surface area contributed by atoms with E-state index in [2.05, 4.69) is 26.7 Å². The Balaban J connectivity index is 1.37. The molecule has 0 aliphatic carbocycles. The first-order valence-corrected chi connectivity index (χ1v) is 9.73. The minimum Gasteiger partial charge on any atom is -0.354 e. The molecule has 2 amide bonds. The van der Waals surface area contributed by atoms with Gasteiger partial charge in [0, 0.05) is 38.6 Å². The van der Waals surface area contributed by atoms with Crippen LogP contribution in [0.5, 0.6) is 0 Å². The molecule has 8 heteroatoms. The highest BCUT2D eigenvalue weighted by atomic mass is 16.2. The Morgan fingerprint density at radius 2 is 1.76 bits per heavy atom. The molecule has 150 valence electrons. The van der Waals surface area contributed by atoms with E-state index in [1.54, 1.807) is 6.20 Å². The van der Waals surface area contributed by atoms with Crippen molar-refractivity contribution in [2.45, 2.75) is 19.3 Å². The normalized spacial score (nSPS) is 14.1. The van der Waals surface area contributed by atoms with E-state index in [0.717, 1.165) is 31.5 Å². The highest BCUT2D eigenvalue weighted by Crippen LogP contribution is 2.22. The Morgan fingerprint density at radius 3 is 2.48 bits per heavy atom. The van der Waals surface area contributed by atoms with Crippen LogP contribution in [0, 0.1) is 17.2 Å². The first kappa shape index (κ1) is 20.3. The summed E-state index contributed by atoms with van der Waals surface area (Å²) in [5.74, 6) is -0.303. The van der Waals surface area contributed by atoms with Crippen molar-refractivity contribution in [2.75, 3.05) is 31.1 Å². The number of rotatable bonds is 6. The van der Waals surface area contributed by atoms with Crippen LogP contribution in [-0.4, -0.2) is 48.0 Å². The van der Waals surface area contributed by atoms with Crippen molar-refractivity contribution in [3.8, 4) is 6.07 Å². The standard InChI is InChI=1S/C21H24N6O2/c22-14-18-19(24-11-10-23-18)27-12-7-17(8-13-27)15-26-21(29)20(28)25-9-6-16-4-2-1-3-5-16/h1-5,10-11,17H,6-9,12-13,15H2,(H,25,28)(H,26,29). The maximum absolute atomic E-state index is 12.0. The van der Waals surface area contributed by atoms with E-state index in [9.17, 15) is 9.59 Å². The summed E-state index contributed by atoms with van der Waals surface area (Å²) in [7, 11) is 0. The molecule has 2 heterocycles. The lowest BCUT2D eigenvalue weighted by Crippen LogP contribution is -2.44. The van der Waals surface area contributed by atoms with Crippen molar-refractivity contribution in [3.63, 3.8) is 0 Å². The molecule has 2 aromatic rings. The molecule has 0 radical (unpaired) electrons. The number of carbonyl (C=O) groups excluding carboxylic acids is 2. The second-order valence-corrected chi connectivity index (χ2v) is 6.97. The molecule has 3 rings (SSSR count). The maximum Gasteiger partial charge on any atom is 0.309 e. The molecule has 1 aromatic heterocycles. The molecule has 1 aliphatic heterocycles. The molecular formula is C21H24N6O2. The molecule has 8 nitrogen and oxygen atoms in total. The molecule has 2 N–H and O–H groups in total. The molecule has 29 heavy (non-hydrogen) atoms. The van der Waals surface area contributed by atoms with E-state index in [-0.39, 0.29) is 5.92 Å². The molecule has 1 aliphatic rings. The van der Waals surface area contributed by atoms with Crippen molar-refractivity contribution in [1.29, 1.82) is 5.26 Å². The van der Waals surface area contributed by atoms with E-state index in [1.807, 2.05) is 35.2 Å². The third-order valence-corrected chi connectivity index (χ3v) is 5.00. The van der Waals surface area contributed by atoms with Gasteiger partial charge in [-0.25, -0.2) is 9.97 Å². The van der Waals surface area contributed by atoms with Gasteiger partial charge < -0.3 is 15.5 Å². The first-order valence-electron chi connectivity index (χ1n) is 9.73. The number of aromatic nitrogens is 2. The van der Waals surface area contributed by atoms with Crippen LogP contribution in [0.3, 0.4) is 0 Å². The molecular weight excluding hydrogens is 368 g/mol. The molecule has 0 atom stereocenters. The monoisotopic (exact) mass is 392 g/mol. The second-order valence-electron chi connectivity index (χ2n) is 6.97. The van der Waals surface area contributed by atoms with Gasteiger partial charge in [0.15, 0.2) is 11.5 Å². The van der Waals surface area contributed by atoms with Gasteiger partial charge in [-0.2, -0.15) is 5.26 Å². The maximum atomic E-state index is 12.0. The van der Waals surface area contributed by atoms with Crippen molar-refractivity contribution in [1.82, 2.24) is 20.6 Å². The molecule has 0 saturated carbocycles. The molecule has 1 fully saturated rings. The van der Waals surface area contributed by atoms with Gasteiger partial charge in [0.25, 0.3) is 0 Å². The van der Waals surface area contributed by atoms with Gasteiger partial charge in [-0.05, 0) is 30.7 Å². The first-order chi connectivity index (χ1) is 14.2. The Labute approximate surface area is 170 Å². The van der Waals surface area contributed by atoms with Crippen molar-refractivity contribution in [2.24, 2.45) is 5.92 Å². The summed E-state index contributed by atoms with van der Waals surface area (Å²) in [6, 6.07) is 11.9. The number of nitriles is 1. The van der Waals surface area contributed by atoms with Crippen LogP contribution < -0.4 is 15.5 Å². The van der Waals surface area contributed by atoms with E-state index < -0.39 is 11.8 Å². The van der Waals surface area contributed by atoms with Crippen LogP contribution in [0.25, 0.3) is 0 Å². The lowest BCUT2D eigenvalue weighted by atomic mass is 9.96. The van der Waals surface area contributed by atoms with Gasteiger partial charge in [-0.15, -0.1) is 0 Å². The number of anilines is 1. The molecule has 0 bridgehead atoms. The van der Waals surface area contributed by atoms with Gasteiger partial charge in [0.1, 0.15) is 6.07 Å². The summed E-state index contributed by atoms with van der Waals surface area (Å²) in [4.78, 5) is 34.3. The summed E-state index contributed by atoms with van der Waals surface area (Å²) in [6.45, 7) is 2.35. The predicted molar refractivity (Wildman–Crippen MR) is 108 cm³/mol. The summed E-state index contributed by atoms with van der Waals surface area (Å²) in [5.41, 5.74) is 1.44. The predicted octanol–water partition coefficient (Wildman–Crippen LogP) is 1.04.